The molecule has 0 aromatic carbocycles. The van der Waals surface area contributed by atoms with Crippen molar-refractivity contribution in [1.29, 1.82) is 0 Å². The third-order valence-corrected chi connectivity index (χ3v) is 4.29. The summed E-state index contributed by atoms with van der Waals surface area (Å²) in [7, 11) is 0. The summed E-state index contributed by atoms with van der Waals surface area (Å²) in [6.45, 7) is 2.94. The van der Waals surface area contributed by atoms with E-state index in [4.69, 9.17) is 4.74 Å². The van der Waals surface area contributed by atoms with E-state index in [9.17, 15) is 23.1 Å². The Hall–Kier alpha value is -1.02. The number of aliphatic hydroxyl groups excluding tert-OH is 1. The SMILES string of the molecule is CC1OCCC1NC(=O)N1CCC(C(O)C(F)(F)F)CC1. The first-order valence-electron chi connectivity index (χ1n) is 7.21. The Morgan fingerprint density at radius 2 is 1.95 bits per heavy atom. The molecule has 2 aliphatic rings. The molecule has 2 rings (SSSR count). The highest BCUT2D eigenvalue weighted by atomic mass is 19.4. The summed E-state index contributed by atoms with van der Waals surface area (Å²) in [5.41, 5.74) is 0. The minimum atomic E-state index is -4.59. The maximum Gasteiger partial charge on any atom is 0.414 e. The molecule has 122 valence electrons. The van der Waals surface area contributed by atoms with Crippen LogP contribution in [-0.2, 0) is 4.74 Å². The zero-order valence-corrected chi connectivity index (χ0v) is 11.9. The number of ether oxygens (including phenoxy) is 1. The highest BCUT2D eigenvalue weighted by molar-refractivity contribution is 5.74. The van der Waals surface area contributed by atoms with Gasteiger partial charge in [0.05, 0.1) is 12.1 Å². The lowest BCUT2D eigenvalue weighted by Gasteiger charge is -2.35. The normalized spacial score (nSPS) is 29.5. The number of nitrogens with one attached hydrogen (secondary N) is 1. The fraction of sp³-hybridized carbons (Fsp3) is 0.923. The van der Waals surface area contributed by atoms with Gasteiger partial charge in [-0.2, -0.15) is 13.2 Å². The van der Waals surface area contributed by atoms with Gasteiger partial charge in [0.1, 0.15) is 0 Å². The summed E-state index contributed by atoms with van der Waals surface area (Å²) in [4.78, 5) is 13.6. The Morgan fingerprint density at radius 1 is 1.33 bits per heavy atom. The highest BCUT2D eigenvalue weighted by Crippen LogP contribution is 2.31. The van der Waals surface area contributed by atoms with Gasteiger partial charge in [0.2, 0.25) is 0 Å². The summed E-state index contributed by atoms with van der Waals surface area (Å²) in [5.74, 6) is -0.831. The third-order valence-electron chi connectivity index (χ3n) is 4.29. The molecule has 21 heavy (non-hydrogen) atoms. The van der Waals surface area contributed by atoms with Crippen molar-refractivity contribution in [3.05, 3.63) is 0 Å². The van der Waals surface area contributed by atoms with Crippen LogP contribution in [0, 0.1) is 5.92 Å². The van der Waals surface area contributed by atoms with Gasteiger partial charge in [-0.3, -0.25) is 0 Å². The minimum absolute atomic E-state index is 0.0430. The first-order valence-corrected chi connectivity index (χ1v) is 7.21. The van der Waals surface area contributed by atoms with Crippen LogP contribution in [0.5, 0.6) is 0 Å². The van der Waals surface area contributed by atoms with E-state index in [1.54, 1.807) is 0 Å². The van der Waals surface area contributed by atoms with Crippen LogP contribution in [0.1, 0.15) is 26.2 Å². The second-order valence-corrected chi connectivity index (χ2v) is 5.73. The van der Waals surface area contributed by atoms with Crippen LogP contribution in [0.4, 0.5) is 18.0 Å². The van der Waals surface area contributed by atoms with Gasteiger partial charge in [-0.1, -0.05) is 0 Å². The van der Waals surface area contributed by atoms with E-state index in [-0.39, 0.29) is 44.1 Å². The second kappa shape index (κ2) is 6.39. The summed E-state index contributed by atoms with van der Waals surface area (Å²) in [5, 5.41) is 12.1. The molecule has 0 aromatic rings. The Kier molecular flexibility index (Phi) is 4.98. The van der Waals surface area contributed by atoms with Crippen molar-refractivity contribution in [2.24, 2.45) is 5.92 Å². The molecule has 2 saturated heterocycles. The summed E-state index contributed by atoms with van der Waals surface area (Å²) in [6, 6.07) is -0.312. The molecular formula is C13H21F3N2O3. The van der Waals surface area contributed by atoms with Gasteiger partial charge in [-0.05, 0) is 32.1 Å². The second-order valence-electron chi connectivity index (χ2n) is 5.73. The number of urea groups is 1. The molecule has 5 nitrogen and oxygen atoms in total. The number of hydrogen-bond donors (Lipinski definition) is 2. The number of rotatable bonds is 2. The van der Waals surface area contributed by atoms with E-state index in [1.165, 1.54) is 4.90 Å². The molecule has 0 aliphatic carbocycles. The van der Waals surface area contributed by atoms with Crippen molar-refractivity contribution >= 4 is 6.03 Å². The molecule has 2 amide bonds. The number of alkyl halides is 3. The van der Waals surface area contributed by atoms with Crippen molar-refractivity contribution in [2.75, 3.05) is 19.7 Å². The van der Waals surface area contributed by atoms with Gasteiger partial charge in [-0.25, -0.2) is 4.79 Å². The van der Waals surface area contributed by atoms with Crippen molar-refractivity contribution in [3.8, 4) is 0 Å². The molecule has 0 spiro atoms. The topological polar surface area (TPSA) is 61.8 Å². The largest absolute Gasteiger partial charge is 0.414 e. The van der Waals surface area contributed by atoms with E-state index < -0.39 is 18.2 Å². The van der Waals surface area contributed by atoms with Crippen molar-refractivity contribution in [3.63, 3.8) is 0 Å². The molecule has 2 aliphatic heterocycles. The molecule has 0 bridgehead atoms. The van der Waals surface area contributed by atoms with Crippen LogP contribution >= 0.6 is 0 Å². The number of likely N-dealkylation sites (tertiary alicyclic amines) is 1. The number of carbonyl (C=O) groups is 1. The van der Waals surface area contributed by atoms with E-state index in [2.05, 4.69) is 5.32 Å². The van der Waals surface area contributed by atoms with Gasteiger partial charge in [-0.15, -0.1) is 0 Å². The quantitative estimate of drug-likeness (QED) is 0.813. The molecule has 2 N–H and O–H groups in total. The predicted octanol–water partition coefficient (Wildman–Crippen LogP) is 1.51. The third kappa shape index (κ3) is 4.00. The number of nitrogens with zero attached hydrogens (tertiary/aromatic N) is 1. The average molecular weight is 310 g/mol. The standard InChI is InChI=1S/C13H21F3N2O3/c1-8-10(4-7-21-8)17-12(20)18-5-2-9(3-6-18)11(19)13(14,15)16/h8-11,19H,2-7H2,1H3,(H,17,20). The fourth-order valence-corrected chi connectivity index (χ4v) is 2.86. The van der Waals surface area contributed by atoms with Gasteiger partial charge in [0.15, 0.2) is 6.10 Å². The predicted molar refractivity (Wildman–Crippen MR) is 68.7 cm³/mol. The van der Waals surface area contributed by atoms with Crippen LogP contribution in [0.25, 0.3) is 0 Å². The lowest BCUT2D eigenvalue weighted by atomic mass is 9.91. The number of halogens is 3. The fourth-order valence-electron chi connectivity index (χ4n) is 2.86. The molecule has 3 unspecified atom stereocenters. The summed E-state index contributed by atoms with van der Waals surface area (Å²) >= 11 is 0. The van der Waals surface area contributed by atoms with Crippen molar-refractivity contribution in [1.82, 2.24) is 10.2 Å². The first kappa shape index (κ1) is 16.4. The lowest BCUT2D eigenvalue weighted by Crippen LogP contribution is -2.51. The van der Waals surface area contributed by atoms with Gasteiger partial charge in [0.25, 0.3) is 0 Å². The zero-order chi connectivity index (χ0) is 15.6. The zero-order valence-electron chi connectivity index (χ0n) is 11.9. The number of hydrogen-bond acceptors (Lipinski definition) is 3. The van der Waals surface area contributed by atoms with E-state index >= 15 is 0 Å². The Balaban J connectivity index is 1.79. The smallest absolute Gasteiger partial charge is 0.383 e. The number of amides is 2. The van der Waals surface area contributed by atoms with Crippen LogP contribution in [0.3, 0.4) is 0 Å². The van der Waals surface area contributed by atoms with Crippen LogP contribution in [-0.4, -0.2) is 60.2 Å². The molecule has 3 atom stereocenters. The maximum absolute atomic E-state index is 12.4. The van der Waals surface area contributed by atoms with Crippen molar-refractivity contribution < 1.29 is 27.8 Å². The monoisotopic (exact) mass is 310 g/mol. The van der Waals surface area contributed by atoms with Crippen LogP contribution in [0.15, 0.2) is 0 Å². The number of aliphatic hydroxyl groups is 1. The van der Waals surface area contributed by atoms with Crippen molar-refractivity contribution in [2.45, 2.75) is 50.6 Å². The van der Waals surface area contributed by atoms with Crippen LogP contribution in [0.2, 0.25) is 0 Å². The van der Waals surface area contributed by atoms with Gasteiger partial charge >= 0.3 is 12.2 Å². The van der Waals surface area contributed by atoms with E-state index in [1.807, 2.05) is 6.92 Å². The molecule has 0 aromatic heterocycles. The summed E-state index contributed by atoms with van der Waals surface area (Å²) in [6.07, 6.45) is -5.87. The molecule has 0 radical (unpaired) electrons. The summed E-state index contributed by atoms with van der Waals surface area (Å²) < 4.78 is 42.7. The maximum atomic E-state index is 12.4. The Bertz CT molecular complexity index is 370. The molecule has 0 saturated carbocycles. The van der Waals surface area contributed by atoms with Gasteiger partial charge < -0.3 is 20.1 Å². The lowest BCUT2D eigenvalue weighted by molar-refractivity contribution is -0.222. The van der Waals surface area contributed by atoms with Gasteiger partial charge in [0, 0.05) is 19.7 Å². The molecule has 2 heterocycles. The highest BCUT2D eigenvalue weighted by Gasteiger charge is 2.44. The van der Waals surface area contributed by atoms with E-state index in [0.29, 0.717) is 6.61 Å². The molecule has 8 heteroatoms. The molecular weight excluding hydrogens is 289 g/mol. The average Bonchev–Trinajstić information content (AvgIpc) is 2.82. The Labute approximate surface area is 121 Å². The van der Waals surface area contributed by atoms with Crippen LogP contribution < -0.4 is 5.32 Å². The minimum Gasteiger partial charge on any atom is -0.383 e. The number of piperidine rings is 1. The van der Waals surface area contributed by atoms with E-state index in [0.717, 1.165) is 6.42 Å². The first-order chi connectivity index (χ1) is 9.79. The Morgan fingerprint density at radius 3 is 2.43 bits per heavy atom. The molecule has 2 fully saturated rings. The number of carbonyl (C=O) groups excluding carboxylic acids is 1.